The number of benzene rings is 1. The van der Waals surface area contributed by atoms with E-state index in [1.807, 2.05) is 19.9 Å². The summed E-state index contributed by atoms with van der Waals surface area (Å²) in [6, 6.07) is 5.32. The van der Waals surface area contributed by atoms with Crippen molar-refractivity contribution in [2.24, 2.45) is 5.73 Å². The number of nitrogens with one attached hydrogen (secondary N) is 1. The number of anilines is 1. The van der Waals surface area contributed by atoms with Crippen LogP contribution in [-0.4, -0.2) is 42.3 Å². The number of hydrogen-bond donors (Lipinski definition) is 3. The molecular weight excluding hydrogens is 278 g/mol. The zero-order valence-electron chi connectivity index (χ0n) is 11.7. The van der Waals surface area contributed by atoms with Gasteiger partial charge in [-0.1, -0.05) is 11.6 Å². The Balaban J connectivity index is 2.37. The van der Waals surface area contributed by atoms with E-state index in [-0.39, 0.29) is 24.1 Å². The molecular formula is C14H20ClN3O2. The van der Waals surface area contributed by atoms with Gasteiger partial charge in [0.15, 0.2) is 0 Å². The van der Waals surface area contributed by atoms with Gasteiger partial charge in [0.05, 0.1) is 18.3 Å². The minimum atomic E-state index is -0.376. The summed E-state index contributed by atoms with van der Waals surface area (Å²) in [6.07, 6.45) is -0.255. The Bertz CT molecular complexity index is 519. The standard InChI is InChI=1S/C14H20ClN3O2/c1-14(2)8-18(6-10(7-19)20-14)12-4-3-9(15)5-11(12)13(16)17/h3-5,10,19H,6-8H2,1-2H3,(H3,16,17). The summed E-state index contributed by atoms with van der Waals surface area (Å²) in [5.74, 6) is -0.0210. The summed E-state index contributed by atoms with van der Waals surface area (Å²) in [6.45, 7) is 5.13. The number of amidine groups is 1. The smallest absolute Gasteiger partial charge is 0.124 e. The van der Waals surface area contributed by atoms with Gasteiger partial charge in [-0.3, -0.25) is 5.41 Å². The number of ether oxygens (including phenoxy) is 1. The molecule has 2 rings (SSSR count). The van der Waals surface area contributed by atoms with Crippen molar-refractivity contribution < 1.29 is 9.84 Å². The van der Waals surface area contributed by atoms with Crippen LogP contribution >= 0.6 is 11.6 Å². The molecule has 0 bridgehead atoms. The number of hydrogen-bond acceptors (Lipinski definition) is 4. The van der Waals surface area contributed by atoms with E-state index >= 15 is 0 Å². The van der Waals surface area contributed by atoms with Gasteiger partial charge in [-0.05, 0) is 32.0 Å². The third kappa shape index (κ3) is 3.23. The minimum Gasteiger partial charge on any atom is -0.394 e. The predicted octanol–water partition coefficient (Wildman–Crippen LogP) is 1.60. The van der Waals surface area contributed by atoms with E-state index < -0.39 is 0 Å². The molecule has 1 aliphatic rings. The number of nitrogens with zero attached hydrogens (tertiary/aromatic N) is 1. The van der Waals surface area contributed by atoms with Crippen LogP contribution in [0.3, 0.4) is 0 Å². The lowest BCUT2D eigenvalue weighted by Gasteiger charge is -2.44. The Morgan fingerprint density at radius 1 is 1.60 bits per heavy atom. The van der Waals surface area contributed by atoms with Crippen molar-refractivity contribution in [3.8, 4) is 0 Å². The second-order valence-electron chi connectivity index (χ2n) is 5.64. The maximum absolute atomic E-state index is 9.37. The first-order chi connectivity index (χ1) is 9.32. The van der Waals surface area contributed by atoms with Crippen molar-refractivity contribution in [1.82, 2.24) is 0 Å². The second kappa shape index (κ2) is 5.60. The summed E-state index contributed by atoms with van der Waals surface area (Å²) in [5.41, 5.74) is 6.71. The molecule has 1 fully saturated rings. The molecule has 0 spiro atoms. The lowest BCUT2D eigenvalue weighted by atomic mass is 10.0. The highest BCUT2D eigenvalue weighted by Gasteiger charge is 2.34. The molecule has 1 heterocycles. The molecule has 0 amide bonds. The first-order valence-electron chi connectivity index (χ1n) is 6.50. The van der Waals surface area contributed by atoms with E-state index in [0.717, 1.165) is 5.69 Å². The number of nitrogen functional groups attached to an aromatic ring is 1. The Morgan fingerprint density at radius 3 is 2.90 bits per heavy atom. The van der Waals surface area contributed by atoms with Crippen LogP contribution in [0.5, 0.6) is 0 Å². The van der Waals surface area contributed by atoms with Crippen molar-refractivity contribution in [3.05, 3.63) is 28.8 Å². The van der Waals surface area contributed by atoms with Crippen molar-refractivity contribution in [3.63, 3.8) is 0 Å². The highest BCUT2D eigenvalue weighted by Crippen LogP contribution is 2.30. The van der Waals surface area contributed by atoms with Gasteiger partial charge in [0.2, 0.25) is 0 Å². The van der Waals surface area contributed by atoms with Gasteiger partial charge >= 0.3 is 0 Å². The number of nitrogens with two attached hydrogens (primary N) is 1. The van der Waals surface area contributed by atoms with Crippen molar-refractivity contribution in [2.75, 3.05) is 24.6 Å². The molecule has 1 saturated heterocycles. The number of rotatable bonds is 3. The van der Waals surface area contributed by atoms with Gasteiger partial charge in [0.25, 0.3) is 0 Å². The maximum Gasteiger partial charge on any atom is 0.124 e. The van der Waals surface area contributed by atoms with E-state index in [0.29, 0.717) is 23.7 Å². The SMILES string of the molecule is CC1(C)CN(c2ccc(Cl)cc2C(=N)N)CC(CO)O1. The average Bonchev–Trinajstić information content (AvgIpc) is 2.36. The molecule has 0 radical (unpaired) electrons. The van der Waals surface area contributed by atoms with Crippen LogP contribution in [0.2, 0.25) is 5.02 Å². The quantitative estimate of drug-likeness (QED) is 0.584. The fourth-order valence-corrected chi connectivity index (χ4v) is 2.75. The number of halogens is 1. The molecule has 6 heteroatoms. The second-order valence-corrected chi connectivity index (χ2v) is 6.07. The molecule has 0 saturated carbocycles. The van der Waals surface area contributed by atoms with Crippen LogP contribution < -0.4 is 10.6 Å². The van der Waals surface area contributed by atoms with Crippen LogP contribution in [-0.2, 0) is 4.74 Å². The molecule has 4 N–H and O–H groups in total. The predicted molar refractivity (Wildman–Crippen MR) is 80.7 cm³/mol. The van der Waals surface area contributed by atoms with Crippen molar-refractivity contribution in [2.45, 2.75) is 25.6 Å². The van der Waals surface area contributed by atoms with Gasteiger partial charge in [-0.25, -0.2) is 0 Å². The van der Waals surface area contributed by atoms with Crippen molar-refractivity contribution >= 4 is 23.1 Å². The first kappa shape index (κ1) is 15.1. The van der Waals surface area contributed by atoms with E-state index in [2.05, 4.69) is 4.90 Å². The first-order valence-corrected chi connectivity index (χ1v) is 6.88. The minimum absolute atomic E-state index is 0.0210. The highest BCUT2D eigenvalue weighted by atomic mass is 35.5. The Morgan fingerprint density at radius 2 is 2.30 bits per heavy atom. The fourth-order valence-electron chi connectivity index (χ4n) is 2.57. The third-order valence-corrected chi connectivity index (χ3v) is 3.51. The molecule has 1 aromatic carbocycles. The molecule has 110 valence electrons. The molecule has 0 aromatic heterocycles. The third-order valence-electron chi connectivity index (χ3n) is 3.27. The molecule has 5 nitrogen and oxygen atoms in total. The van der Waals surface area contributed by atoms with Crippen LogP contribution in [0.15, 0.2) is 18.2 Å². The van der Waals surface area contributed by atoms with Crippen LogP contribution in [0.4, 0.5) is 5.69 Å². The molecule has 1 aromatic rings. The number of aliphatic hydroxyl groups excluding tert-OH is 1. The lowest BCUT2D eigenvalue weighted by Crippen LogP contribution is -2.54. The van der Waals surface area contributed by atoms with E-state index in [4.69, 9.17) is 27.5 Å². The lowest BCUT2D eigenvalue weighted by molar-refractivity contribution is -0.101. The Hall–Kier alpha value is -1.30. The van der Waals surface area contributed by atoms with Gasteiger partial charge in [0, 0.05) is 29.4 Å². The summed E-state index contributed by atoms with van der Waals surface area (Å²) in [7, 11) is 0. The number of morpholine rings is 1. The van der Waals surface area contributed by atoms with Crippen LogP contribution in [0.25, 0.3) is 0 Å². The topological polar surface area (TPSA) is 82.6 Å². The van der Waals surface area contributed by atoms with E-state index in [1.165, 1.54) is 0 Å². The molecule has 1 aliphatic heterocycles. The highest BCUT2D eigenvalue weighted by molar-refractivity contribution is 6.31. The zero-order chi connectivity index (χ0) is 14.9. The molecule has 0 aliphatic carbocycles. The summed E-state index contributed by atoms with van der Waals surface area (Å²) < 4.78 is 5.80. The van der Waals surface area contributed by atoms with Crippen molar-refractivity contribution in [1.29, 1.82) is 5.41 Å². The van der Waals surface area contributed by atoms with Crippen LogP contribution in [0.1, 0.15) is 19.4 Å². The fraction of sp³-hybridized carbons (Fsp3) is 0.500. The molecule has 1 unspecified atom stereocenters. The normalized spacial score (nSPS) is 21.8. The van der Waals surface area contributed by atoms with Gasteiger partial charge in [-0.2, -0.15) is 0 Å². The summed E-state index contributed by atoms with van der Waals surface area (Å²) >= 11 is 5.98. The maximum atomic E-state index is 9.37. The summed E-state index contributed by atoms with van der Waals surface area (Å²) in [4.78, 5) is 2.08. The van der Waals surface area contributed by atoms with Crippen LogP contribution in [0, 0.1) is 5.41 Å². The molecule has 1 atom stereocenters. The monoisotopic (exact) mass is 297 g/mol. The van der Waals surface area contributed by atoms with Gasteiger partial charge < -0.3 is 20.5 Å². The van der Waals surface area contributed by atoms with E-state index in [9.17, 15) is 5.11 Å². The average molecular weight is 298 g/mol. The number of aliphatic hydroxyl groups is 1. The summed E-state index contributed by atoms with van der Waals surface area (Å²) in [5, 5.41) is 17.6. The Labute approximate surface area is 123 Å². The van der Waals surface area contributed by atoms with Gasteiger partial charge in [-0.15, -0.1) is 0 Å². The largest absolute Gasteiger partial charge is 0.394 e. The molecule has 20 heavy (non-hydrogen) atoms. The Kier molecular flexibility index (Phi) is 4.22. The zero-order valence-corrected chi connectivity index (χ0v) is 12.4. The van der Waals surface area contributed by atoms with Gasteiger partial charge in [0.1, 0.15) is 5.84 Å². The van der Waals surface area contributed by atoms with E-state index in [1.54, 1.807) is 12.1 Å².